The minimum absolute atomic E-state index is 0.327. The van der Waals surface area contributed by atoms with Crippen molar-refractivity contribution in [3.8, 4) is 6.07 Å². The third-order valence-electron chi connectivity index (χ3n) is 3.93. The molecule has 0 radical (unpaired) electrons. The molecular formula is C17H15ClN2. The maximum absolute atomic E-state index is 9.52. The van der Waals surface area contributed by atoms with Crippen LogP contribution in [0.15, 0.2) is 54.6 Å². The SMILES string of the molecule is N#CC1(c2ccccc2)CC(Nc2cccc(Cl)c2)C1. The predicted octanol–water partition coefficient (Wildman–Crippen LogP) is 4.38. The van der Waals surface area contributed by atoms with Gasteiger partial charge in [-0.15, -0.1) is 0 Å². The summed E-state index contributed by atoms with van der Waals surface area (Å²) >= 11 is 5.98. The zero-order valence-corrected chi connectivity index (χ0v) is 11.8. The van der Waals surface area contributed by atoms with E-state index in [0.29, 0.717) is 6.04 Å². The summed E-state index contributed by atoms with van der Waals surface area (Å²) in [5.74, 6) is 0. The second-order valence-corrected chi connectivity index (χ2v) is 5.76. The minimum Gasteiger partial charge on any atom is -0.382 e. The van der Waals surface area contributed by atoms with Crippen LogP contribution in [-0.4, -0.2) is 6.04 Å². The van der Waals surface area contributed by atoms with Gasteiger partial charge in [-0.2, -0.15) is 5.26 Å². The predicted molar refractivity (Wildman–Crippen MR) is 81.8 cm³/mol. The molecule has 0 spiro atoms. The highest BCUT2D eigenvalue weighted by atomic mass is 35.5. The first-order valence-electron chi connectivity index (χ1n) is 6.71. The number of halogens is 1. The van der Waals surface area contributed by atoms with Crippen LogP contribution >= 0.6 is 11.6 Å². The van der Waals surface area contributed by atoms with Crippen molar-refractivity contribution in [2.24, 2.45) is 0 Å². The smallest absolute Gasteiger partial charge is 0.0861 e. The molecule has 0 unspecified atom stereocenters. The molecule has 2 aromatic carbocycles. The van der Waals surface area contributed by atoms with Crippen LogP contribution in [0, 0.1) is 11.3 Å². The van der Waals surface area contributed by atoms with Gasteiger partial charge >= 0.3 is 0 Å². The lowest BCUT2D eigenvalue weighted by molar-refractivity contribution is 0.289. The summed E-state index contributed by atoms with van der Waals surface area (Å²) in [6.45, 7) is 0. The fourth-order valence-corrected chi connectivity index (χ4v) is 3.04. The van der Waals surface area contributed by atoms with Crippen molar-refractivity contribution in [2.75, 3.05) is 5.32 Å². The Morgan fingerprint density at radius 2 is 1.85 bits per heavy atom. The lowest BCUT2D eigenvalue weighted by atomic mass is 9.62. The summed E-state index contributed by atoms with van der Waals surface area (Å²) < 4.78 is 0. The number of hydrogen-bond donors (Lipinski definition) is 1. The molecule has 1 aliphatic carbocycles. The van der Waals surface area contributed by atoms with Crippen molar-refractivity contribution in [2.45, 2.75) is 24.3 Å². The average molecular weight is 283 g/mol. The van der Waals surface area contributed by atoms with E-state index < -0.39 is 0 Å². The highest BCUT2D eigenvalue weighted by Gasteiger charge is 2.46. The van der Waals surface area contributed by atoms with Crippen LogP contribution in [0.2, 0.25) is 5.02 Å². The van der Waals surface area contributed by atoms with Crippen LogP contribution < -0.4 is 5.32 Å². The first-order chi connectivity index (χ1) is 9.72. The molecule has 1 fully saturated rings. The van der Waals surface area contributed by atoms with Crippen LogP contribution in [0.25, 0.3) is 0 Å². The van der Waals surface area contributed by atoms with E-state index in [1.54, 1.807) is 0 Å². The second-order valence-electron chi connectivity index (χ2n) is 5.32. The third kappa shape index (κ3) is 2.37. The van der Waals surface area contributed by atoms with E-state index in [9.17, 15) is 5.26 Å². The first-order valence-corrected chi connectivity index (χ1v) is 7.08. The third-order valence-corrected chi connectivity index (χ3v) is 4.16. The second kappa shape index (κ2) is 5.19. The van der Waals surface area contributed by atoms with Crippen LogP contribution in [0.5, 0.6) is 0 Å². The van der Waals surface area contributed by atoms with E-state index in [1.807, 2.05) is 54.6 Å². The monoisotopic (exact) mass is 282 g/mol. The van der Waals surface area contributed by atoms with Gasteiger partial charge in [-0.25, -0.2) is 0 Å². The van der Waals surface area contributed by atoms with E-state index in [2.05, 4.69) is 11.4 Å². The molecule has 0 atom stereocenters. The molecule has 0 bridgehead atoms. The molecular weight excluding hydrogens is 268 g/mol. The van der Waals surface area contributed by atoms with Gasteiger partial charge in [0.25, 0.3) is 0 Å². The molecule has 1 N–H and O–H groups in total. The van der Waals surface area contributed by atoms with Gasteiger partial charge in [0.1, 0.15) is 0 Å². The van der Waals surface area contributed by atoms with E-state index in [-0.39, 0.29) is 5.41 Å². The van der Waals surface area contributed by atoms with Gasteiger partial charge in [0.05, 0.1) is 11.5 Å². The standard InChI is InChI=1S/C17H15ClN2/c18-14-7-4-8-15(9-14)20-16-10-17(11-16,12-19)13-5-2-1-3-6-13/h1-9,16,20H,10-11H2. The van der Waals surface area contributed by atoms with Crippen molar-refractivity contribution < 1.29 is 0 Å². The molecule has 0 amide bonds. The lowest BCUT2D eigenvalue weighted by Gasteiger charge is -2.43. The number of rotatable bonds is 3. The van der Waals surface area contributed by atoms with Gasteiger partial charge in [0.15, 0.2) is 0 Å². The fraction of sp³-hybridized carbons (Fsp3) is 0.235. The highest BCUT2D eigenvalue weighted by Crippen LogP contribution is 2.44. The van der Waals surface area contributed by atoms with E-state index in [0.717, 1.165) is 29.1 Å². The van der Waals surface area contributed by atoms with Crippen molar-refractivity contribution in [3.05, 3.63) is 65.2 Å². The number of hydrogen-bond acceptors (Lipinski definition) is 2. The van der Waals surface area contributed by atoms with Crippen molar-refractivity contribution in [1.82, 2.24) is 0 Å². The number of benzene rings is 2. The Hall–Kier alpha value is -1.98. The minimum atomic E-state index is -0.336. The molecule has 20 heavy (non-hydrogen) atoms. The van der Waals surface area contributed by atoms with Crippen LogP contribution in [0.4, 0.5) is 5.69 Å². The first kappa shape index (κ1) is 13.0. The molecule has 0 aromatic heterocycles. The largest absolute Gasteiger partial charge is 0.382 e. The Morgan fingerprint density at radius 3 is 2.50 bits per heavy atom. The van der Waals surface area contributed by atoms with Gasteiger partial charge in [-0.1, -0.05) is 48.0 Å². The zero-order chi connectivity index (χ0) is 14.0. The summed E-state index contributed by atoms with van der Waals surface area (Å²) in [4.78, 5) is 0. The highest BCUT2D eigenvalue weighted by molar-refractivity contribution is 6.30. The Bertz CT molecular complexity index is 640. The van der Waals surface area contributed by atoms with E-state index in [4.69, 9.17) is 11.6 Å². The molecule has 0 aliphatic heterocycles. The molecule has 2 nitrogen and oxygen atoms in total. The summed E-state index contributed by atoms with van der Waals surface area (Å²) in [7, 11) is 0. The quantitative estimate of drug-likeness (QED) is 0.907. The van der Waals surface area contributed by atoms with Crippen LogP contribution in [0.1, 0.15) is 18.4 Å². The maximum atomic E-state index is 9.52. The summed E-state index contributed by atoms with van der Waals surface area (Å²) in [5, 5.41) is 13.7. The van der Waals surface area contributed by atoms with Crippen molar-refractivity contribution in [1.29, 1.82) is 5.26 Å². The van der Waals surface area contributed by atoms with Crippen LogP contribution in [0.3, 0.4) is 0 Å². The van der Waals surface area contributed by atoms with Gasteiger partial charge in [0, 0.05) is 16.8 Å². The lowest BCUT2D eigenvalue weighted by Crippen LogP contribution is -2.47. The molecule has 0 saturated heterocycles. The fourth-order valence-electron chi connectivity index (χ4n) is 2.85. The molecule has 0 heterocycles. The Labute approximate surface area is 124 Å². The normalized spacial score (nSPS) is 24.5. The maximum Gasteiger partial charge on any atom is 0.0861 e. The van der Waals surface area contributed by atoms with Crippen molar-refractivity contribution >= 4 is 17.3 Å². The Morgan fingerprint density at radius 1 is 1.10 bits per heavy atom. The average Bonchev–Trinajstić information content (AvgIpc) is 2.43. The molecule has 1 saturated carbocycles. The number of anilines is 1. The number of nitrogens with one attached hydrogen (secondary N) is 1. The number of nitriles is 1. The van der Waals surface area contributed by atoms with Crippen molar-refractivity contribution in [3.63, 3.8) is 0 Å². The topological polar surface area (TPSA) is 35.8 Å². The van der Waals surface area contributed by atoms with Gasteiger partial charge in [0.2, 0.25) is 0 Å². The molecule has 100 valence electrons. The Balaban J connectivity index is 1.70. The summed E-state index contributed by atoms with van der Waals surface area (Å²) in [6, 6.07) is 20.6. The molecule has 1 aliphatic rings. The van der Waals surface area contributed by atoms with Crippen LogP contribution in [-0.2, 0) is 5.41 Å². The zero-order valence-electron chi connectivity index (χ0n) is 11.0. The van der Waals surface area contributed by atoms with E-state index in [1.165, 1.54) is 0 Å². The Kier molecular flexibility index (Phi) is 3.38. The van der Waals surface area contributed by atoms with Gasteiger partial charge in [-0.05, 0) is 36.6 Å². The molecule has 3 heteroatoms. The molecule has 2 aromatic rings. The molecule has 3 rings (SSSR count). The van der Waals surface area contributed by atoms with E-state index >= 15 is 0 Å². The summed E-state index contributed by atoms with van der Waals surface area (Å²) in [6.07, 6.45) is 1.67. The summed E-state index contributed by atoms with van der Waals surface area (Å²) in [5.41, 5.74) is 1.80. The number of nitrogens with zero attached hydrogens (tertiary/aromatic N) is 1. The van der Waals surface area contributed by atoms with Gasteiger partial charge in [-0.3, -0.25) is 0 Å². The van der Waals surface area contributed by atoms with Gasteiger partial charge < -0.3 is 5.32 Å².